The average Bonchev–Trinajstić information content (AvgIpc) is 2.68. The lowest BCUT2D eigenvalue weighted by Gasteiger charge is -2.37. The van der Waals surface area contributed by atoms with Crippen LogP contribution in [0.25, 0.3) is 0 Å². The molecule has 1 amide bonds. The lowest BCUT2D eigenvalue weighted by atomic mass is 9.75. The molecule has 0 bridgehead atoms. The summed E-state index contributed by atoms with van der Waals surface area (Å²) in [5, 5.41) is 3.00. The quantitative estimate of drug-likeness (QED) is 0.824. The Bertz CT molecular complexity index is 374. The van der Waals surface area contributed by atoms with Gasteiger partial charge in [0.15, 0.2) is 0 Å². The number of carbonyl (C=O) groups excluding carboxylic acids is 1. The number of amides is 1. The Kier molecular flexibility index (Phi) is 7.00. The molecule has 0 aromatic carbocycles. The van der Waals surface area contributed by atoms with Crippen LogP contribution < -0.4 is 11.1 Å². The molecule has 130 valence electrons. The van der Waals surface area contributed by atoms with Gasteiger partial charge in [0.2, 0.25) is 0 Å². The number of carbonyl (C=O) groups is 1. The summed E-state index contributed by atoms with van der Waals surface area (Å²) in [7, 11) is 0. The fraction of sp³-hybridized carbons (Fsp3) is 0.941. The molecule has 2 aliphatic carbocycles. The van der Waals surface area contributed by atoms with E-state index in [2.05, 4.69) is 26.1 Å². The van der Waals surface area contributed by atoms with Crippen LogP contribution in [0.2, 0.25) is 0 Å². The van der Waals surface area contributed by atoms with E-state index in [9.17, 15) is 4.79 Å². The number of ether oxygens (including phenoxy) is 1. The van der Waals surface area contributed by atoms with Crippen molar-refractivity contribution in [2.75, 3.05) is 0 Å². The van der Waals surface area contributed by atoms with E-state index >= 15 is 0 Å². The van der Waals surface area contributed by atoms with E-state index in [-0.39, 0.29) is 36.2 Å². The summed E-state index contributed by atoms with van der Waals surface area (Å²) < 4.78 is 5.79. The number of hydrogen-bond donors (Lipinski definition) is 2. The predicted octanol–water partition coefficient (Wildman–Crippen LogP) is 3.87. The second-order valence-corrected chi connectivity index (χ2v) is 7.86. The fourth-order valence-corrected chi connectivity index (χ4v) is 3.99. The predicted molar refractivity (Wildman–Crippen MR) is 92.2 cm³/mol. The summed E-state index contributed by atoms with van der Waals surface area (Å²) in [4.78, 5) is 12.2. The van der Waals surface area contributed by atoms with Crippen molar-refractivity contribution in [3.63, 3.8) is 0 Å². The Hall–Kier alpha value is -0.480. The Morgan fingerprint density at radius 2 is 2.00 bits per heavy atom. The molecular weight excluding hydrogens is 300 g/mol. The van der Waals surface area contributed by atoms with E-state index in [0.717, 1.165) is 32.1 Å². The van der Waals surface area contributed by atoms with Gasteiger partial charge in [0.25, 0.3) is 0 Å². The summed E-state index contributed by atoms with van der Waals surface area (Å²) in [6.45, 7) is 8.72. The maximum absolute atomic E-state index is 12.2. The Labute approximate surface area is 141 Å². The number of hydrogen-bond acceptors (Lipinski definition) is 3. The number of nitrogens with one attached hydrogen (secondary N) is 1. The molecule has 2 fully saturated rings. The summed E-state index contributed by atoms with van der Waals surface area (Å²) in [5.41, 5.74) is 5.94. The van der Waals surface area contributed by atoms with Crippen LogP contribution in [0.4, 0.5) is 4.79 Å². The minimum Gasteiger partial charge on any atom is -0.446 e. The van der Waals surface area contributed by atoms with Gasteiger partial charge in [-0.15, -0.1) is 12.4 Å². The molecule has 0 aromatic rings. The second-order valence-electron chi connectivity index (χ2n) is 7.86. The SMILES string of the molecule is CC1CCC(C(C)C)C(OC(=O)NC2CCCC2(C)N)C1.Cl. The van der Waals surface area contributed by atoms with Gasteiger partial charge in [0.05, 0.1) is 0 Å². The summed E-state index contributed by atoms with van der Waals surface area (Å²) in [5.74, 6) is 1.69. The molecule has 5 heteroatoms. The molecule has 0 radical (unpaired) electrons. The summed E-state index contributed by atoms with van der Waals surface area (Å²) in [6.07, 6.45) is 6.17. The van der Waals surface area contributed by atoms with Crippen LogP contribution in [0.15, 0.2) is 0 Å². The van der Waals surface area contributed by atoms with Crippen molar-refractivity contribution in [3.05, 3.63) is 0 Å². The molecule has 2 rings (SSSR count). The van der Waals surface area contributed by atoms with Crippen molar-refractivity contribution in [1.82, 2.24) is 5.32 Å². The lowest BCUT2D eigenvalue weighted by molar-refractivity contribution is 0.00424. The largest absolute Gasteiger partial charge is 0.446 e. The van der Waals surface area contributed by atoms with E-state index in [1.807, 2.05) is 6.92 Å². The Morgan fingerprint density at radius 1 is 1.32 bits per heavy atom. The molecule has 5 unspecified atom stereocenters. The van der Waals surface area contributed by atoms with Gasteiger partial charge in [-0.3, -0.25) is 0 Å². The van der Waals surface area contributed by atoms with Crippen LogP contribution in [0.3, 0.4) is 0 Å². The number of alkyl carbamates (subject to hydrolysis) is 1. The van der Waals surface area contributed by atoms with E-state index in [4.69, 9.17) is 10.5 Å². The first-order valence-electron chi connectivity index (χ1n) is 8.55. The molecule has 22 heavy (non-hydrogen) atoms. The van der Waals surface area contributed by atoms with Gasteiger partial charge >= 0.3 is 6.09 Å². The lowest BCUT2D eigenvalue weighted by Crippen LogP contribution is -2.53. The van der Waals surface area contributed by atoms with Crippen molar-refractivity contribution >= 4 is 18.5 Å². The van der Waals surface area contributed by atoms with Gasteiger partial charge in [-0.1, -0.05) is 27.2 Å². The highest BCUT2D eigenvalue weighted by atomic mass is 35.5. The smallest absolute Gasteiger partial charge is 0.407 e. The van der Waals surface area contributed by atoms with Crippen LogP contribution in [0.5, 0.6) is 0 Å². The monoisotopic (exact) mass is 332 g/mol. The van der Waals surface area contributed by atoms with E-state index in [1.165, 1.54) is 6.42 Å². The fourth-order valence-electron chi connectivity index (χ4n) is 3.99. The van der Waals surface area contributed by atoms with Gasteiger partial charge < -0.3 is 15.8 Å². The number of nitrogens with two attached hydrogens (primary N) is 1. The summed E-state index contributed by atoms with van der Waals surface area (Å²) >= 11 is 0. The van der Waals surface area contributed by atoms with E-state index < -0.39 is 0 Å². The van der Waals surface area contributed by atoms with Crippen LogP contribution in [-0.4, -0.2) is 23.8 Å². The first-order valence-corrected chi connectivity index (χ1v) is 8.55. The van der Waals surface area contributed by atoms with Crippen LogP contribution in [0, 0.1) is 17.8 Å². The van der Waals surface area contributed by atoms with E-state index in [0.29, 0.717) is 17.8 Å². The number of halogens is 1. The summed E-state index contributed by atoms with van der Waals surface area (Å²) in [6, 6.07) is 0.0449. The van der Waals surface area contributed by atoms with Gasteiger partial charge in [-0.25, -0.2) is 4.79 Å². The van der Waals surface area contributed by atoms with E-state index in [1.54, 1.807) is 0 Å². The molecule has 0 aliphatic heterocycles. The third-order valence-electron chi connectivity index (χ3n) is 5.52. The van der Waals surface area contributed by atoms with Crippen molar-refractivity contribution in [3.8, 4) is 0 Å². The first-order chi connectivity index (χ1) is 9.79. The minimum absolute atomic E-state index is 0. The molecule has 4 nitrogen and oxygen atoms in total. The van der Waals surface area contributed by atoms with Crippen LogP contribution in [-0.2, 0) is 4.74 Å². The first kappa shape index (κ1) is 19.6. The highest BCUT2D eigenvalue weighted by Gasteiger charge is 2.38. The zero-order valence-electron chi connectivity index (χ0n) is 14.4. The zero-order chi connectivity index (χ0) is 15.6. The zero-order valence-corrected chi connectivity index (χ0v) is 15.2. The third-order valence-corrected chi connectivity index (χ3v) is 5.52. The average molecular weight is 333 g/mol. The third kappa shape index (κ3) is 4.76. The molecule has 0 saturated heterocycles. The maximum Gasteiger partial charge on any atom is 0.407 e. The maximum atomic E-state index is 12.2. The normalized spacial score (nSPS) is 38.5. The minimum atomic E-state index is -0.295. The van der Waals surface area contributed by atoms with Crippen molar-refractivity contribution in [2.45, 2.75) is 83.9 Å². The molecule has 0 aromatic heterocycles. The molecule has 0 spiro atoms. The topological polar surface area (TPSA) is 64.3 Å². The molecule has 2 saturated carbocycles. The molecule has 0 heterocycles. The standard InChI is InChI=1S/C17H32N2O2.ClH/c1-11(2)13-8-7-12(3)10-14(13)21-16(20)19-15-6-5-9-17(15,4)18;/h11-15H,5-10,18H2,1-4H3,(H,19,20);1H. The Balaban J connectivity index is 0.00000242. The number of rotatable bonds is 3. The van der Waals surface area contributed by atoms with Crippen molar-refractivity contribution < 1.29 is 9.53 Å². The molecule has 3 N–H and O–H groups in total. The van der Waals surface area contributed by atoms with Gasteiger partial charge in [0, 0.05) is 11.6 Å². The molecule has 5 atom stereocenters. The van der Waals surface area contributed by atoms with Gasteiger partial charge in [-0.2, -0.15) is 0 Å². The van der Waals surface area contributed by atoms with Crippen molar-refractivity contribution in [1.29, 1.82) is 0 Å². The van der Waals surface area contributed by atoms with Crippen LogP contribution >= 0.6 is 12.4 Å². The molecular formula is C17H33ClN2O2. The van der Waals surface area contributed by atoms with Crippen LogP contribution in [0.1, 0.15) is 66.2 Å². The second kappa shape index (κ2) is 7.87. The van der Waals surface area contributed by atoms with Gasteiger partial charge in [0.1, 0.15) is 6.10 Å². The van der Waals surface area contributed by atoms with Gasteiger partial charge in [-0.05, 0) is 56.8 Å². The van der Waals surface area contributed by atoms with Crippen molar-refractivity contribution in [2.24, 2.45) is 23.5 Å². The highest BCUT2D eigenvalue weighted by Crippen LogP contribution is 2.35. The Morgan fingerprint density at radius 3 is 2.55 bits per heavy atom. The molecule has 2 aliphatic rings. The highest BCUT2D eigenvalue weighted by molar-refractivity contribution is 5.85.